The number of phosphoric acid groups is 4. The van der Waals surface area contributed by atoms with Crippen molar-refractivity contribution in [3.05, 3.63) is 25.3 Å². The van der Waals surface area contributed by atoms with Crippen LogP contribution >= 0.6 is 31.3 Å². The number of aliphatic hydroxyl groups is 4. The number of imidazole rings is 2. The van der Waals surface area contributed by atoms with E-state index in [1.165, 1.54) is 0 Å². The van der Waals surface area contributed by atoms with E-state index in [9.17, 15) is 58.3 Å². The second-order valence-electron chi connectivity index (χ2n) is 11.0. The molecule has 12 atom stereocenters. The highest BCUT2D eigenvalue weighted by Crippen LogP contribution is 2.71. The standard InChI is InChI=1S/C20H28N10O19P4/c21-15-9-17(25-3-23-15)29(5-27-9)19-13(33)11(31)7(45-19)1-43-50(35,36)47-52(39,40)49-53(41,42)48-51(37,38)44-2-8-12(32)14(34)20(46-8)30-6-28-10-16(22)24-4-26-18(10)30/h3-8,11-14,19-20,31-34H,1-2H2,(H,35,36)(H,37,38)(H,39,40)(H,41,42)(H2,21,23,25)(H2,22,24,26)/t7-,8-,11-,12-,13-,14+,19-,20-/m1/s1. The molecule has 2 fully saturated rings. The quantitative estimate of drug-likeness (QED) is 0.0589. The first-order valence-corrected chi connectivity index (χ1v) is 20.3. The van der Waals surface area contributed by atoms with Gasteiger partial charge >= 0.3 is 31.3 Å². The molecule has 12 N–H and O–H groups in total. The van der Waals surface area contributed by atoms with Gasteiger partial charge in [0.1, 0.15) is 60.3 Å². The highest BCUT2D eigenvalue weighted by Gasteiger charge is 2.50. The van der Waals surface area contributed by atoms with Gasteiger partial charge in [0.15, 0.2) is 35.4 Å². The number of phosphoric ester groups is 2. The first-order valence-electron chi connectivity index (χ1n) is 14.3. The lowest BCUT2D eigenvalue weighted by Crippen LogP contribution is -2.33. The molecule has 6 rings (SSSR count). The summed E-state index contributed by atoms with van der Waals surface area (Å²) in [6.45, 7) is -2.22. The number of ether oxygens (including phenoxy) is 2. The summed E-state index contributed by atoms with van der Waals surface area (Å²) in [6.07, 6.45) is -8.58. The summed E-state index contributed by atoms with van der Waals surface area (Å²) in [5, 5.41) is 41.8. The van der Waals surface area contributed by atoms with Crippen LogP contribution in [0.2, 0.25) is 0 Å². The van der Waals surface area contributed by atoms with E-state index in [1.807, 2.05) is 0 Å². The summed E-state index contributed by atoms with van der Waals surface area (Å²) in [5.74, 6) is -0.0284. The van der Waals surface area contributed by atoms with Crippen LogP contribution in [-0.2, 0) is 49.7 Å². The van der Waals surface area contributed by atoms with E-state index in [2.05, 4.69) is 51.9 Å². The summed E-state index contributed by atoms with van der Waals surface area (Å²) < 4.78 is 83.4. The molecule has 0 amide bonds. The maximum absolute atomic E-state index is 12.4. The molecule has 6 heterocycles. The van der Waals surface area contributed by atoms with Crippen LogP contribution in [0.1, 0.15) is 12.5 Å². The number of nitrogen functional groups attached to an aromatic ring is 2. The lowest BCUT2D eigenvalue weighted by molar-refractivity contribution is -0.0505. The van der Waals surface area contributed by atoms with Crippen LogP contribution in [0.25, 0.3) is 22.3 Å². The first kappa shape index (κ1) is 39.7. The average Bonchev–Trinajstić information content (AvgIpc) is 3.80. The second-order valence-corrected chi connectivity index (χ2v) is 17.2. The fraction of sp³-hybridized carbons (Fsp3) is 0.500. The highest BCUT2D eigenvalue weighted by atomic mass is 31.3. The Labute approximate surface area is 293 Å². The van der Waals surface area contributed by atoms with Crippen molar-refractivity contribution in [3.63, 3.8) is 0 Å². The van der Waals surface area contributed by atoms with Crippen LogP contribution in [0, 0.1) is 0 Å². The van der Waals surface area contributed by atoms with E-state index in [1.54, 1.807) is 0 Å². The van der Waals surface area contributed by atoms with Crippen LogP contribution in [0.3, 0.4) is 0 Å². The predicted molar refractivity (Wildman–Crippen MR) is 166 cm³/mol. The van der Waals surface area contributed by atoms with Crippen molar-refractivity contribution in [1.82, 2.24) is 39.0 Å². The number of nitrogens with two attached hydrogens (primary N) is 2. The Morgan fingerprint density at radius 3 is 1.32 bits per heavy atom. The molecule has 2 saturated heterocycles. The van der Waals surface area contributed by atoms with Crippen LogP contribution in [-0.4, -0.2) is 129 Å². The highest BCUT2D eigenvalue weighted by molar-refractivity contribution is 7.69. The van der Waals surface area contributed by atoms with Gasteiger partial charge in [-0.05, 0) is 0 Å². The first-order chi connectivity index (χ1) is 24.7. The summed E-state index contributed by atoms with van der Waals surface area (Å²) in [4.78, 5) is 63.0. The predicted octanol–water partition coefficient (Wildman–Crippen LogP) is -2.45. The fourth-order valence-corrected chi connectivity index (χ4v) is 10.1. The minimum absolute atomic E-state index is 0.0142. The van der Waals surface area contributed by atoms with E-state index in [-0.39, 0.29) is 34.0 Å². The third-order valence-electron chi connectivity index (χ3n) is 7.42. The SMILES string of the molecule is Nc1ncnc2c1ncn2[C@@H]1O[C@H](COP(=O)(O)OP(=O)(O)OP(=O)(O)OP(=O)(O)OC[C@H]2O[C@@H](n3cnc4c(N)ncnc43)[C@@H](O)[C@@H]2O)[C@@H](O)[C@H]1O. The monoisotopic (exact) mass is 836 g/mol. The van der Waals surface area contributed by atoms with Gasteiger partial charge in [0, 0.05) is 0 Å². The van der Waals surface area contributed by atoms with Gasteiger partial charge < -0.3 is 60.9 Å². The number of aromatic nitrogens is 8. The van der Waals surface area contributed by atoms with Gasteiger partial charge in [-0.25, -0.2) is 48.2 Å². The van der Waals surface area contributed by atoms with E-state index in [0.29, 0.717) is 0 Å². The second kappa shape index (κ2) is 14.6. The van der Waals surface area contributed by atoms with Crippen LogP contribution in [0.15, 0.2) is 25.3 Å². The molecule has 0 bridgehead atoms. The van der Waals surface area contributed by atoms with Crippen molar-refractivity contribution in [3.8, 4) is 0 Å². The Morgan fingerprint density at radius 2 is 0.943 bits per heavy atom. The molecule has 2 aliphatic rings. The third-order valence-corrected chi connectivity index (χ3v) is 13.3. The molecule has 53 heavy (non-hydrogen) atoms. The van der Waals surface area contributed by atoms with Crippen molar-refractivity contribution in [2.24, 2.45) is 0 Å². The van der Waals surface area contributed by atoms with Gasteiger partial charge in [-0.15, -0.1) is 0 Å². The molecule has 4 aromatic rings. The summed E-state index contributed by atoms with van der Waals surface area (Å²) in [6, 6.07) is 0. The number of fused-ring (bicyclic) bond motifs is 2. The minimum Gasteiger partial charge on any atom is -0.387 e. The molecule has 292 valence electrons. The summed E-state index contributed by atoms with van der Waals surface area (Å²) in [5.41, 5.74) is 11.9. The van der Waals surface area contributed by atoms with Crippen molar-refractivity contribution in [2.75, 3.05) is 24.7 Å². The van der Waals surface area contributed by atoms with E-state index >= 15 is 0 Å². The van der Waals surface area contributed by atoms with E-state index in [4.69, 9.17) is 20.9 Å². The topological polar surface area (TPSA) is 434 Å². The zero-order chi connectivity index (χ0) is 38.7. The fourth-order valence-electron chi connectivity index (χ4n) is 5.11. The largest absolute Gasteiger partial charge is 0.490 e. The lowest BCUT2D eigenvalue weighted by atomic mass is 10.1. The molecule has 29 nitrogen and oxygen atoms in total. The van der Waals surface area contributed by atoms with Crippen molar-refractivity contribution in [1.29, 1.82) is 0 Å². The third kappa shape index (κ3) is 8.48. The van der Waals surface area contributed by atoms with Crippen molar-refractivity contribution < 1.29 is 89.7 Å². The Kier molecular flexibility index (Phi) is 10.9. The molecule has 0 spiro atoms. The Balaban J connectivity index is 1.01. The molecular weight excluding hydrogens is 808 g/mol. The van der Waals surface area contributed by atoms with Crippen LogP contribution in [0.5, 0.6) is 0 Å². The Hall–Kier alpha value is -2.98. The number of nitrogens with zero attached hydrogens (tertiary/aromatic N) is 8. The zero-order valence-electron chi connectivity index (χ0n) is 25.9. The number of anilines is 2. The summed E-state index contributed by atoms with van der Waals surface area (Å²) in [7, 11) is -23.9. The van der Waals surface area contributed by atoms with Gasteiger partial charge in [0.2, 0.25) is 0 Å². The van der Waals surface area contributed by atoms with Crippen molar-refractivity contribution in [2.45, 2.75) is 49.1 Å². The van der Waals surface area contributed by atoms with Crippen molar-refractivity contribution >= 4 is 65.3 Å². The van der Waals surface area contributed by atoms with E-state index in [0.717, 1.165) is 34.4 Å². The van der Waals surface area contributed by atoms with Crippen LogP contribution in [0.4, 0.5) is 11.6 Å². The molecule has 4 aromatic heterocycles. The number of hydrogen-bond acceptors (Lipinski definition) is 23. The smallest absolute Gasteiger partial charge is 0.387 e. The Bertz CT molecular complexity index is 2040. The summed E-state index contributed by atoms with van der Waals surface area (Å²) >= 11 is 0. The average molecular weight is 836 g/mol. The molecule has 33 heteroatoms. The molecule has 0 aliphatic carbocycles. The normalized spacial score (nSPS) is 30.9. The number of rotatable bonds is 14. The molecule has 0 saturated carbocycles. The number of aliphatic hydroxyl groups excluding tert-OH is 4. The molecule has 0 aromatic carbocycles. The van der Waals surface area contributed by atoms with Gasteiger partial charge in [0.05, 0.1) is 25.9 Å². The molecule has 2 aliphatic heterocycles. The van der Waals surface area contributed by atoms with E-state index < -0.39 is 93.6 Å². The van der Waals surface area contributed by atoms with Crippen LogP contribution < -0.4 is 11.5 Å². The van der Waals surface area contributed by atoms with Gasteiger partial charge in [0.25, 0.3) is 0 Å². The lowest BCUT2D eigenvalue weighted by Gasteiger charge is -2.21. The van der Waals surface area contributed by atoms with Gasteiger partial charge in [-0.3, -0.25) is 18.2 Å². The number of hydrogen-bond donors (Lipinski definition) is 10. The molecule has 0 radical (unpaired) electrons. The maximum Gasteiger partial charge on any atom is 0.490 e. The zero-order valence-corrected chi connectivity index (χ0v) is 29.5. The maximum atomic E-state index is 12.4. The molecular formula is C20H28N10O19P4. The Morgan fingerprint density at radius 1 is 0.585 bits per heavy atom. The minimum atomic E-state index is -6.19. The molecule has 4 unspecified atom stereocenters. The van der Waals surface area contributed by atoms with Gasteiger partial charge in [-0.1, -0.05) is 0 Å². The van der Waals surface area contributed by atoms with Gasteiger partial charge in [-0.2, -0.15) is 12.9 Å².